The van der Waals surface area contributed by atoms with E-state index in [9.17, 15) is 14.0 Å². The number of nitrogens with zero attached hydrogens (tertiary/aromatic N) is 2. The average Bonchev–Trinajstić information content (AvgIpc) is 2.73. The van der Waals surface area contributed by atoms with Gasteiger partial charge in [0.2, 0.25) is 0 Å². The van der Waals surface area contributed by atoms with Gasteiger partial charge in [0, 0.05) is 31.7 Å². The van der Waals surface area contributed by atoms with E-state index >= 15 is 0 Å². The van der Waals surface area contributed by atoms with Gasteiger partial charge in [-0.05, 0) is 40.2 Å². The summed E-state index contributed by atoms with van der Waals surface area (Å²) in [7, 11) is 0. The summed E-state index contributed by atoms with van der Waals surface area (Å²) in [6, 6.07) is 9.32. The van der Waals surface area contributed by atoms with E-state index in [4.69, 9.17) is 9.47 Å². The highest BCUT2D eigenvalue weighted by Gasteiger charge is 2.28. The monoisotopic (exact) mass is 448 g/mol. The second-order valence-corrected chi connectivity index (χ2v) is 7.40. The molecule has 1 fully saturated rings. The number of carbonyl (C=O) groups excluding carboxylic acids is 2. The molecule has 0 saturated carbocycles. The summed E-state index contributed by atoms with van der Waals surface area (Å²) in [6.45, 7) is 2.37. The van der Waals surface area contributed by atoms with Crippen molar-refractivity contribution in [1.82, 2.24) is 9.80 Å². The van der Waals surface area contributed by atoms with Crippen molar-refractivity contribution in [2.45, 2.75) is 0 Å². The van der Waals surface area contributed by atoms with Crippen LogP contribution in [0.5, 0.6) is 11.5 Å². The van der Waals surface area contributed by atoms with Crippen molar-refractivity contribution in [3.05, 3.63) is 57.8 Å². The van der Waals surface area contributed by atoms with Gasteiger partial charge in [0.15, 0.2) is 11.5 Å². The Morgan fingerprint density at radius 1 is 0.929 bits per heavy atom. The minimum absolute atomic E-state index is 0.0537. The molecule has 0 atom stereocenters. The van der Waals surface area contributed by atoms with Gasteiger partial charge in [0.05, 0.1) is 10.0 Å². The largest absolute Gasteiger partial charge is 0.486 e. The zero-order valence-corrected chi connectivity index (χ0v) is 16.6. The highest BCUT2D eigenvalue weighted by molar-refractivity contribution is 9.10. The van der Waals surface area contributed by atoms with Gasteiger partial charge in [-0.1, -0.05) is 12.1 Å². The van der Waals surface area contributed by atoms with Gasteiger partial charge in [0.1, 0.15) is 19.0 Å². The number of carbonyl (C=O) groups is 2. The fourth-order valence-corrected chi connectivity index (χ4v) is 3.89. The van der Waals surface area contributed by atoms with Crippen molar-refractivity contribution in [2.75, 3.05) is 39.4 Å². The summed E-state index contributed by atoms with van der Waals surface area (Å²) in [5, 5.41) is 0. The third-order valence-corrected chi connectivity index (χ3v) is 5.39. The summed E-state index contributed by atoms with van der Waals surface area (Å²) in [5.41, 5.74) is 0.544. The van der Waals surface area contributed by atoms with Crippen LogP contribution >= 0.6 is 15.9 Å². The van der Waals surface area contributed by atoms with E-state index < -0.39 is 5.82 Å². The Morgan fingerprint density at radius 3 is 2.29 bits per heavy atom. The first-order chi connectivity index (χ1) is 13.5. The first kappa shape index (κ1) is 18.7. The highest BCUT2D eigenvalue weighted by Crippen LogP contribution is 2.38. The number of piperazine rings is 1. The lowest BCUT2D eigenvalue weighted by molar-refractivity contribution is 0.0532. The molecule has 28 heavy (non-hydrogen) atoms. The number of ether oxygens (including phenoxy) is 2. The van der Waals surface area contributed by atoms with E-state index in [1.165, 1.54) is 12.1 Å². The quantitative estimate of drug-likeness (QED) is 0.708. The molecule has 6 nitrogen and oxygen atoms in total. The predicted octanol–water partition coefficient (Wildman–Crippen LogP) is 2.96. The van der Waals surface area contributed by atoms with Crippen LogP contribution in [0.1, 0.15) is 20.7 Å². The number of rotatable bonds is 2. The molecule has 0 bridgehead atoms. The molecule has 2 aliphatic rings. The molecule has 4 rings (SSSR count). The minimum atomic E-state index is -0.535. The van der Waals surface area contributed by atoms with Crippen LogP contribution in [0.15, 0.2) is 40.9 Å². The van der Waals surface area contributed by atoms with Gasteiger partial charge < -0.3 is 19.3 Å². The Hall–Kier alpha value is -2.61. The smallest absolute Gasteiger partial charge is 0.256 e. The van der Waals surface area contributed by atoms with Gasteiger partial charge in [-0.15, -0.1) is 0 Å². The Labute approximate surface area is 169 Å². The molecule has 2 aliphatic heterocycles. The lowest BCUT2D eigenvalue weighted by Gasteiger charge is -2.35. The molecule has 0 N–H and O–H groups in total. The topological polar surface area (TPSA) is 59.1 Å². The predicted molar refractivity (Wildman–Crippen MR) is 103 cm³/mol. The van der Waals surface area contributed by atoms with Crippen molar-refractivity contribution in [3.8, 4) is 11.5 Å². The lowest BCUT2D eigenvalue weighted by Crippen LogP contribution is -2.50. The van der Waals surface area contributed by atoms with Crippen molar-refractivity contribution in [2.24, 2.45) is 0 Å². The fraction of sp³-hybridized carbons (Fsp3) is 0.300. The molecule has 0 aromatic heterocycles. The molecule has 0 unspecified atom stereocenters. The van der Waals surface area contributed by atoms with Crippen molar-refractivity contribution in [1.29, 1.82) is 0 Å². The Kier molecular flexibility index (Phi) is 5.21. The highest BCUT2D eigenvalue weighted by atomic mass is 79.9. The van der Waals surface area contributed by atoms with Gasteiger partial charge in [0.25, 0.3) is 11.8 Å². The molecule has 146 valence electrons. The number of halogens is 2. The SMILES string of the molecule is O=C(c1cc(Br)c2c(c1)OCCO2)N1CCN(C(=O)c2ccccc2F)CC1. The van der Waals surface area contributed by atoms with Crippen LogP contribution in [0.4, 0.5) is 4.39 Å². The van der Waals surface area contributed by atoms with E-state index in [0.29, 0.717) is 60.9 Å². The average molecular weight is 449 g/mol. The first-order valence-corrected chi connectivity index (χ1v) is 9.76. The molecule has 2 aromatic rings. The Morgan fingerprint density at radius 2 is 1.57 bits per heavy atom. The van der Waals surface area contributed by atoms with Crippen LogP contribution in [0.3, 0.4) is 0 Å². The van der Waals surface area contributed by atoms with Crippen molar-refractivity contribution in [3.63, 3.8) is 0 Å². The van der Waals surface area contributed by atoms with Crippen molar-refractivity contribution < 1.29 is 23.5 Å². The molecule has 0 radical (unpaired) electrons. The second kappa shape index (κ2) is 7.79. The molecule has 0 spiro atoms. The number of amides is 2. The summed E-state index contributed by atoms with van der Waals surface area (Å²) in [5.74, 6) is 0.107. The maximum Gasteiger partial charge on any atom is 0.256 e. The van der Waals surface area contributed by atoms with Crippen LogP contribution in [-0.4, -0.2) is 61.0 Å². The number of fused-ring (bicyclic) bond motifs is 1. The lowest BCUT2D eigenvalue weighted by atomic mass is 10.1. The molecule has 0 aliphatic carbocycles. The normalized spacial score (nSPS) is 16.1. The van der Waals surface area contributed by atoms with Gasteiger partial charge in [-0.25, -0.2) is 4.39 Å². The zero-order chi connectivity index (χ0) is 19.7. The number of hydrogen-bond donors (Lipinski definition) is 0. The Bertz CT molecular complexity index is 928. The molecule has 1 saturated heterocycles. The van der Waals surface area contributed by atoms with Crippen LogP contribution in [0.25, 0.3) is 0 Å². The standard InChI is InChI=1S/C20H18BrFN2O4/c21-15-11-13(12-17-18(15)28-10-9-27-17)19(25)23-5-7-24(8-6-23)20(26)14-3-1-2-4-16(14)22/h1-4,11-12H,5-10H2. The molecular formula is C20H18BrFN2O4. The Balaban J connectivity index is 1.44. The third-order valence-electron chi connectivity index (χ3n) is 4.80. The second-order valence-electron chi connectivity index (χ2n) is 6.55. The maximum atomic E-state index is 13.9. The van der Waals surface area contributed by atoms with Gasteiger partial charge in [-0.3, -0.25) is 9.59 Å². The van der Waals surface area contributed by atoms with Gasteiger partial charge >= 0.3 is 0 Å². The van der Waals surface area contributed by atoms with Crippen LogP contribution in [0, 0.1) is 5.82 Å². The third kappa shape index (κ3) is 3.56. The van der Waals surface area contributed by atoms with Gasteiger partial charge in [-0.2, -0.15) is 0 Å². The molecular weight excluding hydrogens is 431 g/mol. The van der Waals surface area contributed by atoms with E-state index in [1.807, 2.05) is 0 Å². The minimum Gasteiger partial charge on any atom is -0.486 e. The number of benzene rings is 2. The first-order valence-electron chi connectivity index (χ1n) is 8.97. The van der Waals surface area contributed by atoms with E-state index in [0.717, 1.165) is 0 Å². The molecule has 2 heterocycles. The van der Waals surface area contributed by atoms with E-state index in [2.05, 4.69) is 15.9 Å². The van der Waals surface area contributed by atoms with Crippen molar-refractivity contribution >= 4 is 27.7 Å². The molecule has 8 heteroatoms. The maximum absolute atomic E-state index is 13.9. The fourth-order valence-electron chi connectivity index (χ4n) is 3.33. The molecule has 2 aromatic carbocycles. The van der Waals surface area contributed by atoms with Crippen LogP contribution < -0.4 is 9.47 Å². The summed E-state index contributed by atoms with van der Waals surface area (Å²) in [6.07, 6.45) is 0. The summed E-state index contributed by atoms with van der Waals surface area (Å²) in [4.78, 5) is 28.7. The number of hydrogen-bond acceptors (Lipinski definition) is 4. The summed E-state index contributed by atoms with van der Waals surface area (Å²) < 4.78 is 25.7. The van der Waals surface area contributed by atoms with Crippen LogP contribution in [0.2, 0.25) is 0 Å². The van der Waals surface area contributed by atoms with E-state index in [-0.39, 0.29) is 17.4 Å². The zero-order valence-electron chi connectivity index (χ0n) is 15.0. The molecule has 2 amide bonds. The van der Waals surface area contributed by atoms with E-state index in [1.54, 1.807) is 34.1 Å². The summed E-state index contributed by atoms with van der Waals surface area (Å²) >= 11 is 3.42. The van der Waals surface area contributed by atoms with Crippen LogP contribution in [-0.2, 0) is 0 Å².